The van der Waals surface area contributed by atoms with Crippen molar-refractivity contribution >= 4 is 16.1 Å². The third-order valence-corrected chi connectivity index (χ3v) is 5.41. The molecule has 2 aromatic rings. The molecule has 24 heavy (non-hydrogen) atoms. The van der Waals surface area contributed by atoms with Gasteiger partial charge in [-0.25, -0.2) is 8.42 Å². The molecule has 0 bridgehead atoms. The summed E-state index contributed by atoms with van der Waals surface area (Å²) in [5.74, 6) is 0.866. The maximum atomic E-state index is 12.6. The highest BCUT2D eigenvalue weighted by molar-refractivity contribution is 7.92. The van der Waals surface area contributed by atoms with E-state index in [0.29, 0.717) is 24.6 Å². The molecule has 0 aliphatic heterocycles. The van der Waals surface area contributed by atoms with Gasteiger partial charge in [0.1, 0.15) is 0 Å². The van der Waals surface area contributed by atoms with Gasteiger partial charge in [-0.05, 0) is 24.5 Å². The van der Waals surface area contributed by atoms with Crippen molar-refractivity contribution in [3.63, 3.8) is 0 Å². The van der Waals surface area contributed by atoms with Crippen LogP contribution in [0.2, 0.25) is 0 Å². The van der Waals surface area contributed by atoms with Crippen LogP contribution in [0.15, 0.2) is 40.3 Å². The van der Waals surface area contributed by atoms with Crippen molar-refractivity contribution < 1.29 is 12.9 Å². The Kier molecular flexibility index (Phi) is 4.82. The molecule has 1 heterocycles. The van der Waals surface area contributed by atoms with Crippen molar-refractivity contribution in [1.29, 1.82) is 0 Å². The summed E-state index contributed by atoms with van der Waals surface area (Å²) in [4.78, 5) is 4.28. The summed E-state index contributed by atoms with van der Waals surface area (Å²) >= 11 is 0. The maximum Gasteiger partial charge on any atom is 0.234 e. The highest BCUT2D eigenvalue weighted by atomic mass is 32.2. The Balaban J connectivity index is 1.85. The number of rotatable bonds is 5. The van der Waals surface area contributed by atoms with Crippen LogP contribution in [0.5, 0.6) is 0 Å². The third-order valence-electron chi connectivity index (χ3n) is 4.24. The van der Waals surface area contributed by atoms with Gasteiger partial charge in [0.25, 0.3) is 0 Å². The Morgan fingerprint density at radius 3 is 2.50 bits per heavy atom. The third kappa shape index (κ3) is 3.91. The number of benzene rings is 1. The van der Waals surface area contributed by atoms with Gasteiger partial charge in [-0.15, -0.1) is 0 Å². The molecule has 1 N–H and O–H groups in total. The number of nitrogens with one attached hydrogen (secondary N) is 1. The predicted octanol–water partition coefficient (Wildman–Crippen LogP) is 3.13. The van der Waals surface area contributed by atoms with Crippen molar-refractivity contribution in [2.45, 2.75) is 44.6 Å². The summed E-state index contributed by atoms with van der Waals surface area (Å²) in [6, 6.07) is 9.32. The Labute approximate surface area is 142 Å². The second kappa shape index (κ2) is 6.86. The highest BCUT2D eigenvalue weighted by Gasteiger charge is 2.41. The zero-order valence-corrected chi connectivity index (χ0v) is 14.4. The smallest absolute Gasteiger partial charge is 0.234 e. The number of hydrogen-bond acceptors (Lipinski definition) is 5. The molecule has 3 rings (SSSR count). The summed E-state index contributed by atoms with van der Waals surface area (Å²) in [5, 5.41) is 5.18. The van der Waals surface area contributed by atoms with Crippen LogP contribution in [-0.4, -0.2) is 18.6 Å². The monoisotopic (exact) mass is 347 g/mol. The van der Waals surface area contributed by atoms with E-state index in [1.54, 1.807) is 13.0 Å². The fourth-order valence-corrected chi connectivity index (χ4v) is 4.30. The first-order chi connectivity index (χ1) is 11.5. The van der Waals surface area contributed by atoms with Crippen LogP contribution in [0.25, 0.3) is 6.08 Å². The first-order valence-electron chi connectivity index (χ1n) is 8.07. The fourth-order valence-electron chi connectivity index (χ4n) is 3.06. The van der Waals surface area contributed by atoms with Crippen molar-refractivity contribution in [2.24, 2.45) is 0 Å². The van der Waals surface area contributed by atoms with Crippen LogP contribution in [0, 0.1) is 6.92 Å². The molecule has 0 amide bonds. The molecule has 7 heteroatoms. The zero-order chi connectivity index (χ0) is 17.0. The van der Waals surface area contributed by atoms with E-state index in [0.717, 1.165) is 24.8 Å². The molecule has 6 nitrogen and oxygen atoms in total. The molecule has 1 fully saturated rings. The van der Waals surface area contributed by atoms with Crippen LogP contribution in [0.3, 0.4) is 0 Å². The average Bonchev–Trinajstić information content (AvgIpc) is 3.02. The van der Waals surface area contributed by atoms with E-state index in [9.17, 15) is 8.42 Å². The molecule has 1 aliphatic carbocycles. The molecule has 1 aromatic carbocycles. The summed E-state index contributed by atoms with van der Waals surface area (Å²) in [6.07, 6.45) is 5.87. The molecule has 0 radical (unpaired) electrons. The largest absolute Gasteiger partial charge is 0.340 e. The average molecular weight is 347 g/mol. The van der Waals surface area contributed by atoms with Gasteiger partial charge < -0.3 is 4.52 Å². The van der Waals surface area contributed by atoms with E-state index in [4.69, 9.17) is 4.52 Å². The topological polar surface area (TPSA) is 85.1 Å². The zero-order valence-electron chi connectivity index (χ0n) is 13.6. The number of aryl methyl sites for hydroxylation is 1. The first kappa shape index (κ1) is 16.9. The summed E-state index contributed by atoms with van der Waals surface area (Å²) in [7, 11) is -3.63. The van der Waals surface area contributed by atoms with Gasteiger partial charge in [-0.2, -0.15) is 9.71 Å². The van der Waals surface area contributed by atoms with Crippen molar-refractivity contribution in [1.82, 2.24) is 14.9 Å². The van der Waals surface area contributed by atoms with E-state index in [1.807, 2.05) is 30.3 Å². The van der Waals surface area contributed by atoms with E-state index in [2.05, 4.69) is 14.9 Å². The first-order valence-corrected chi connectivity index (χ1v) is 9.62. The van der Waals surface area contributed by atoms with Gasteiger partial charge in [0, 0.05) is 12.3 Å². The summed E-state index contributed by atoms with van der Waals surface area (Å²) in [5.41, 5.74) is 0.0477. The molecule has 1 aliphatic rings. The van der Waals surface area contributed by atoms with Gasteiger partial charge in [0.2, 0.25) is 15.9 Å². The number of aromatic nitrogens is 2. The fraction of sp³-hybridized carbons (Fsp3) is 0.412. The van der Waals surface area contributed by atoms with E-state index in [-0.39, 0.29) is 0 Å². The minimum absolute atomic E-state index is 0.427. The molecule has 128 valence electrons. The Morgan fingerprint density at radius 2 is 1.88 bits per heavy atom. The second-order valence-electron chi connectivity index (χ2n) is 6.14. The highest BCUT2D eigenvalue weighted by Crippen LogP contribution is 2.36. The predicted molar refractivity (Wildman–Crippen MR) is 91.3 cm³/mol. The maximum absolute atomic E-state index is 12.6. The SMILES string of the molecule is Cc1nc(C2(NS(=O)(=O)/C=C/c3ccccc3)CCCCC2)no1. The second-order valence-corrected chi connectivity index (χ2v) is 7.71. The quantitative estimate of drug-likeness (QED) is 0.898. The van der Waals surface area contributed by atoms with E-state index in [1.165, 1.54) is 5.41 Å². The Morgan fingerprint density at radius 1 is 1.17 bits per heavy atom. The van der Waals surface area contributed by atoms with Crippen molar-refractivity contribution in [3.05, 3.63) is 53.0 Å². The van der Waals surface area contributed by atoms with Gasteiger partial charge in [0.15, 0.2) is 5.82 Å². The normalized spacial score (nSPS) is 18.0. The lowest BCUT2D eigenvalue weighted by Crippen LogP contribution is -2.47. The molecule has 0 spiro atoms. The van der Waals surface area contributed by atoms with Crippen LogP contribution < -0.4 is 4.72 Å². The molecule has 0 unspecified atom stereocenters. The molecule has 1 saturated carbocycles. The van der Waals surface area contributed by atoms with Crippen LogP contribution in [-0.2, 0) is 15.6 Å². The lowest BCUT2D eigenvalue weighted by molar-refractivity contribution is 0.249. The number of nitrogens with zero attached hydrogens (tertiary/aromatic N) is 2. The van der Waals surface area contributed by atoms with E-state index < -0.39 is 15.6 Å². The molecule has 0 saturated heterocycles. The molecular formula is C17H21N3O3S. The molecule has 1 aromatic heterocycles. The summed E-state index contributed by atoms with van der Waals surface area (Å²) < 4.78 is 33.0. The standard InChI is InChI=1S/C17H21N3O3S/c1-14-18-16(19-23-14)17(11-6-3-7-12-17)20-24(21,22)13-10-15-8-4-2-5-9-15/h2,4-5,8-10,13,20H,3,6-7,11-12H2,1H3/b13-10+. The Hall–Kier alpha value is -1.99. The molecule has 0 atom stereocenters. The number of hydrogen-bond donors (Lipinski definition) is 1. The van der Waals surface area contributed by atoms with Crippen LogP contribution in [0.1, 0.15) is 49.4 Å². The lowest BCUT2D eigenvalue weighted by atomic mass is 9.82. The van der Waals surface area contributed by atoms with Crippen LogP contribution in [0.4, 0.5) is 0 Å². The molecular weight excluding hydrogens is 326 g/mol. The van der Waals surface area contributed by atoms with Gasteiger partial charge in [0.05, 0.1) is 5.54 Å². The Bertz CT molecular complexity index is 807. The number of sulfonamides is 1. The van der Waals surface area contributed by atoms with E-state index >= 15 is 0 Å². The van der Waals surface area contributed by atoms with Gasteiger partial charge in [-0.1, -0.05) is 54.8 Å². The van der Waals surface area contributed by atoms with Gasteiger partial charge in [-0.3, -0.25) is 0 Å². The van der Waals surface area contributed by atoms with Crippen molar-refractivity contribution in [3.8, 4) is 0 Å². The minimum atomic E-state index is -3.63. The lowest BCUT2D eigenvalue weighted by Gasteiger charge is -2.34. The van der Waals surface area contributed by atoms with Crippen molar-refractivity contribution in [2.75, 3.05) is 0 Å². The summed E-state index contributed by atoms with van der Waals surface area (Å²) in [6.45, 7) is 1.71. The van der Waals surface area contributed by atoms with Gasteiger partial charge >= 0.3 is 0 Å². The minimum Gasteiger partial charge on any atom is -0.340 e. The van der Waals surface area contributed by atoms with Crippen LogP contribution >= 0.6 is 0 Å².